The van der Waals surface area contributed by atoms with Crippen LogP contribution in [0.25, 0.3) is 88.0 Å². The number of nitrogens with zero attached hydrogens (tertiary/aromatic N) is 1. The Kier molecular flexibility index (Phi) is 8.91. The van der Waals surface area contributed by atoms with E-state index in [4.69, 9.17) is 0 Å². The van der Waals surface area contributed by atoms with Crippen molar-refractivity contribution < 1.29 is 0 Å². The molecule has 0 fully saturated rings. The zero-order chi connectivity index (χ0) is 42.8. The van der Waals surface area contributed by atoms with Gasteiger partial charge in [0.15, 0.2) is 0 Å². The lowest BCUT2D eigenvalue weighted by Crippen LogP contribution is -2.14. The van der Waals surface area contributed by atoms with Crippen molar-refractivity contribution in [2.24, 2.45) is 0 Å². The molecule has 0 aromatic heterocycles. The Balaban J connectivity index is 1.17. The Morgan fingerprint density at radius 3 is 1.61 bits per heavy atom. The summed E-state index contributed by atoms with van der Waals surface area (Å²) in [5, 5.41) is 7.44. The van der Waals surface area contributed by atoms with E-state index in [0.29, 0.717) is 0 Å². The van der Waals surface area contributed by atoms with Crippen molar-refractivity contribution >= 4 is 49.4 Å². The molecule has 0 N–H and O–H groups in total. The van der Waals surface area contributed by atoms with Crippen LogP contribution in [0.2, 0.25) is 0 Å². The molecular formula is C63H45N. The maximum absolute atomic E-state index is 2.51. The molecule has 1 aliphatic carbocycles. The molecule has 302 valence electrons. The maximum atomic E-state index is 2.51. The largest absolute Gasteiger partial charge is 0.310 e. The quantitative estimate of drug-likeness (QED) is 0.145. The molecule has 11 aromatic carbocycles. The topological polar surface area (TPSA) is 3.24 Å². The predicted octanol–water partition coefficient (Wildman–Crippen LogP) is 17.6. The molecule has 0 heterocycles. The van der Waals surface area contributed by atoms with Crippen molar-refractivity contribution in [1.29, 1.82) is 0 Å². The number of rotatable bonds is 7. The van der Waals surface area contributed by atoms with Gasteiger partial charge in [0.2, 0.25) is 0 Å². The normalized spacial score (nSPS) is 12.7. The van der Waals surface area contributed by atoms with E-state index in [1.165, 1.54) is 99.1 Å². The lowest BCUT2D eigenvalue weighted by molar-refractivity contribution is 0.660. The minimum atomic E-state index is -0.120. The molecule has 0 spiro atoms. The Morgan fingerprint density at radius 1 is 0.297 bits per heavy atom. The van der Waals surface area contributed by atoms with Crippen LogP contribution in [0.15, 0.2) is 237 Å². The molecule has 0 saturated carbocycles. The van der Waals surface area contributed by atoms with Gasteiger partial charge in [-0.2, -0.15) is 0 Å². The van der Waals surface area contributed by atoms with Crippen LogP contribution >= 0.6 is 0 Å². The molecule has 1 aliphatic rings. The van der Waals surface area contributed by atoms with Gasteiger partial charge in [-0.25, -0.2) is 0 Å². The van der Waals surface area contributed by atoms with E-state index in [1.807, 2.05) is 0 Å². The van der Waals surface area contributed by atoms with Gasteiger partial charge < -0.3 is 4.90 Å². The molecule has 11 aromatic rings. The summed E-state index contributed by atoms with van der Waals surface area (Å²) in [6, 6.07) is 87.4. The second kappa shape index (κ2) is 15.1. The second-order valence-electron chi connectivity index (χ2n) is 17.6. The molecule has 0 atom stereocenters. The zero-order valence-corrected chi connectivity index (χ0v) is 36.0. The summed E-state index contributed by atoms with van der Waals surface area (Å²) in [5.41, 5.74) is 18.1. The first-order valence-electron chi connectivity index (χ1n) is 22.3. The Labute approximate surface area is 375 Å². The van der Waals surface area contributed by atoms with Gasteiger partial charge in [0.1, 0.15) is 0 Å². The van der Waals surface area contributed by atoms with Gasteiger partial charge in [-0.1, -0.05) is 214 Å². The summed E-state index contributed by atoms with van der Waals surface area (Å²) in [4.78, 5) is 2.51. The first-order chi connectivity index (χ1) is 31.5. The van der Waals surface area contributed by atoms with Crippen molar-refractivity contribution in [2.45, 2.75) is 19.3 Å². The average molecular weight is 816 g/mol. The lowest BCUT2D eigenvalue weighted by atomic mass is 9.81. The minimum absolute atomic E-state index is 0.120. The van der Waals surface area contributed by atoms with Crippen molar-refractivity contribution in [1.82, 2.24) is 0 Å². The van der Waals surface area contributed by atoms with Crippen LogP contribution in [0.1, 0.15) is 25.0 Å². The van der Waals surface area contributed by atoms with Crippen molar-refractivity contribution in [3.8, 4) is 55.6 Å². The third kappa shape index (κ3) is 6.08. The van der Waals surface area contributed by atoms with Crippen LogP contribution < -0.4 is 4.90 Å². The fourth-order valence-corrected chi connectivity index (χ4v) is 10.7. The molecule has 0 bridgehead atoms. The second-order valence-corrected chi connectivity index (χ2v) is 17.6. The number of hydrogen-bond donors (Lipinski definition) is 0. The average Bonchev–Trinajstić information content (AvgIpc) is 3.60. The fourth-order valence-electron chi connectivity index (χ4n) is 10.7. The van der Waals surface area contributed by atoms with E-state index < -0.39 is 0 Å². The number of anilines is 3. The Bertz CT molecular complexity index is 3580. The van der Waals surface area contributed by atoms with E-state index in [1.54, 1.807) is 0 Å². The standard InChI is InChI=1S/C63H45N/c1-63(2)58-35-16-15-32-55(58)62-54(33-18-36-59(62)63)53-34-19-37-60(61(53)43-22-7-4-8-23-43)64(48-39-44-24-9-12-29-50(44)57(41-48)42-20-5-3-6-21-42)47-27-17-26-45(38-47)56-40-46-25-10-11-28-49(46)51-30-13-14-31-52(51)56/h3-41H,1-2H3. The number of fused-ring (bicyclic) bond motifs is 7. The fraction of sp³-hybridized carbons (Fsp3) is 0.0476. The van der Waals surface area contributed by atoms with Crippen molar-refractivity contribution in [3.63, 3.8) is 0 Å². The van der Waals surface area contributed by atoms with Gasteiger partial charge in [0.05, 0.1) is 5.69 Å². The molecular weight excluding hydrogens is 771 g/mol. The summed E-state index contributed by atoms with van der Waals surface area (Å²) < 4.78 is 0. The first kappa shape index (κ1) is 37.7. The van der Waals surface area contributed by atoms with Gasteiger partial charge in [-0.15, -0.1) is 0 Å². The van der Waals surface area contributed by atoms with Gasteiger partial charge in [0.25, 0.3) is 0 Å². The Hall–Kier alpha value is -8.00. The summed E-state index contributed by atoms with van der Waals surface area (Å²) in [6.45, 7) is 4.74. The van der Waals surface area contributed by atoms with Gasteiger partial charge in [-0.3, -0.25) is 0 Å². The Morgan fingerprint density at radius 2 is 0.828 bits per heavy atom. The van der Waals surface area contributed by atoms with Gasteiger partial charge in [-0.05, 0) is 130 Å². The zero-order valence-electron chi connectivity index (χ0n) is 36.0. The molecule has 1 nitrogen and oxygen atoms in total. The summed E-state index contributed by atoms with van der Waals surface area (Å²) in [6.07, 6.45) is 0. The molecule has 1 heteroatoms. The summed E-state index contributed by atoms with van der Waals surface area (Å²) in [7, 11) is 0. The monoisotopic (exact) mass is 815 g/mol. The van der Waals surface area contributed by atoms with Crippen LogP contribution in [0.4, 0.5) is 17.1 Å². The lowest BCUT2D eigenvalue weighted by Gasteiger charge is -2.31. The number of hydrogen-bond acceptors (Lipinski definition) is 1. The molecule has 0 radical (unpaired) electrons. The molecule has 64 heavy (non-hydrogen) atoms. The van der Waals surface area contributed by atoms with Crippen molar-refractivity contribution in [2.75, 3.05) is 4.90 Å². The van der Waals surface area contributed by atoms with Crippen molar-refractivity contribution in [3.05, 3.63) is 248 Å². The highest BCUT2D eigenvalue weighted by Gasteiger charge is 2.37. The van der Waals surface area contributed by atoms with Gasteiger partial charge in [0, 0.05) is 22.4 Å². The first-order valence-corrected chi connectivity index (χ1v) is 22.3. The SMILES string of the molecule is CC1(C)c2ccccc2-c2c(-c3cccc(N(c4cccc(-c5cc6ccccc6c6ccccc56)c4)c4cc(-c5ccccc5)c5ccccc5c4)c3-c3ccccc3)cccc21. The smallest absolute Gasteiger partial charge is 0.0546 e. The highest BCUT2D eigenvalue weighted by molar-refractivity contribution is 6.14. The molecule has 0 aliphatic heterocycles. The number of benzene rings is 11. The van der Waals surface area contributed by atoms with Crippen LogP contribution in [-0.2, 0) is 5.41 Å². The van der Waals surface area contributed by atoms with E-state index in [2.05, 4.69) is 255 Å². The highest BCUT2D eigenvalue weighted by atomic mass is 15.1. The van der Waals surface area contributed by atoms with Crippen LogP contribution in [-0.4, -0.2) is 0 Å². The molecule has 0 saturated heterocycles. The molecule has 12 rings (SSSR count). The minimum Gasteiger partial charge on any atom is -0.310 e. The third-order valence-electron chi connectivity index (χ3n) is 13.6. The predicted molar refractivity (Wildman–Crippen MR) is 273 cm³/mol. The maximum Gasteiger partial charge on any atom is 0.0546 e. The summed E-state index contributed by atoms with van der Waals surface area (Å²) in [5.74, 6) is 0. The van der Waals surface area contributed by atoms with E-state index in [0.717, 1.165) is 17.1 Å². The van der Waals surface area contributed by atoms with E-state index >= 15 is 0 Å². The van der Waals surface area contributed by atoms with E-state index in [-0.39, 0.29) is 5.41 Å². The molecule has 0 amide bonds. The third-order valence-corrected chi connectivity index (χ3v) is 13.6. The van der Waals surface area contributed by atoms with Crippen LogP contribution in [0.5, 0.6) is 0 Å². The molecule has 0 unspecified atom stereocenters. The van der Waals surface area contributed by atoms with Crippen LogP contribution in [0, 0.1) is 0 Å². The van der Waals surface area contributed by atoms with E-state index in [9.17, 15) is 0 Å². The van der Waals surface area contributed by atoms with Gasteiger partial charge >= 0.3 is 0 Å². The van der Waals surface area contributed by atoms with Crippen LogP contribution in [0.3, 0.4) is 0 Å². The summed E-state index contributed by atoms with van der Waals surface area (Å²) >= 11 is 0. The highest BCUT2D eigenvalue weighted by Crippen LogP contribution is 2.55.